The first-order valence-electron chi connectivity index (χ1n) is 7.00. The zero-order valence-corrected chi connectivity index (χ0v) is 13.0. The van der Waals surface area contributed by atoms with E-state index in [1.165, 1.54) is 11.1 Å². The minimum absolute atomic E-state index is 0.769. The molecular formula is C17H18N2OS. The molecule has 0 unspecified atom stereocenters. The molecular weight excluding hydrogens is 280 g/mol. The van der Waals surface area contributed by atoms with Crippen molar-refractivity contribution in [3.05, 3.63) is 58.4 Å². The van der Waals surface area contributed by atoms with Gasteiger partial charge < -0.3 is 14.3 Å². The second-order valence-corrected chi connectivity index (χ2v) is 5.55. The van der Waals surface area contributed by atoms with Crippen molar-refractivity contribution in [2.24, 2.45) is 0 Å². The molecule has 1 aromatic heterocycles. The summed E-state index contributed by atoms with van der Waals surface area (Å²) in [7, 11) is 1.71. The smallest absolute Gasteiger partial charge is 0.178 e. The molecule has 21 heavy (non-hydrogen) atoms. The maximum atomic E-state index is 5.45. The Balaban J connectivity index is 1.92. The van der Waals surface area contributed by atoms with E-state index in [-0.39, 0.29) is 0 Å². The molecule has 0 bridgehead atoms. The highest BCUT2D eigenvalue weighted by Crippen LogP contribution is 2.20. The van der Waals surface area contributed by atoms with Gasteiger partial charge in [0.2, 0.25) is 0 Å². The van der Waals surface area contributed by atoms with E-state index in [2.05, 4.69) is 40.7 Å². The van der Waals surface area contributed by atoms with Crippen molar-refractivity contribution in [1.29, 1.82) is 0 Å². The monoisotopic (exact) mass is 298 g/mol. The summed E-state index contributed by atoms with van der Waals surface area (Å²) in [6, 6.07) is 14.5. The molecule has 0 aliphatic heterocycles. The minimum atomic E-state index is 0.769. The van der Waals surface area contributed by atoms with Crippen molar-refractivity contribution in [2.45, 2.75) is 19.9 Å². The van der Waals surface area contributed by atoms with Crippen LogP contribution in [0, 0.1) is 11.7 Å². The molecule has 0 aliphatic carbocycles. The van der Waals surface area contributed by atoms with Crippen LogP contribution < -0.4 is 4.74 Å². The number of fused-ring (bicyclic) bond motifs is 1. The van der Waals surface area contributed by atoms with E-state index in [0.717, 1.165) is 34.5 Å². The van der Waals surface area contributed by atoms with E-state index in [4.69, 9.17) is 17.0 Å². The van der Waals surface area contributed by atoms with Crippen LogP contribution in [0.15, 0.2) is 42.5 Å². The van der Waals surface area contributed by atoms with E-state index in [9.17, 15) is 0 Å². The molecule has 4 heteroatoms. The number of aromatic amines is 1. The highest BCUT2D eigenvalue weighted by atomic mass is 32.1. The number of para-hydroxylation sites is 1. The second-order valence-electron chi connectivity index (χ2n) is 5.16. The first-order valence-corrected chi connectivity index (χ1v) is 7.41. The lowest BCUT2D eigenvalue weighted by Gasteiger charge is -2.09. The van der Waals surface area contributed by atoms with Gasteiger partial charge in [-0.2, -0.15) is 0 Å². The Morgan fingerprint density at radius 3 is 2.81 bits per heavy atom. The number of imidazole rings is 1. The maximum Gasteiger partial charge on any atom is 0.178 e. The average Bonchev–Trinajstić information content (AvgIpc) is 2.80. The molecule has 0 amide bonds. The molecule has 3 nitrogen and oxygen atoms in total. The fourth-order valence-electron chi connectivity index (χ4n) is 2.64. The molecule has 3 rings (SSSR count). The fraction of sp³-hybridized carbons (Fsp3) is 0.235. The predicted molar refractivity (Wildman–Crippen MR) is 88.6 cm³/mol. The van der Waals surface area contributed by atoms with Gasteiger partial charge in [-0.25, -0.2) is 0 Å². The van der Waals surface area contributed by atoms with Gasteiger partial charge in [0, 0.05) is 6.54 Å². The molecule has 1 heterocycles. The molecule has 0 spiro atoms. The molecule has 0 atom stereocenters. The van der Waals surface area contributed by atoms with Crippen LogP contribution in [0.4, 0.5) is 0 Å². The van der Waals surface area contributed by atoms with E-state index < -0.39 is 0 Å². The van der Waals surface area contributed by atoms with Gasteiger partial charge in [-0.05, 0) is 54.9 Å². The van der Waals surface area contributed by atoms with Gasteiger partial charge in [0.25, 0.3) is 0 Å². The third-order valence-electron chi connectivity index (χ3n) is 3.73. The van der Waals surface area contributed by atoms with Crippen LogP contribution in [-0.4, -0.2) is 16.7 Å². The summed E-state index contributed by atoms with van der Waals surface area (Å²) in [5.41, 5.74) is 4.68. The fourth-order valence-corrected chi connectivity index (χ4v) is 2.94. The van der Waals surface area contributed by atoms with Gasteiger partial charge in [0.05, 0.1) is 18.1 Å². The van der Waals surface area contributed by atoms with Gasteiger partial charge in [-0.1, -0.05) is 24.3 Å². The summed E-state index contributed by atoms with van der Waals surface area (Å²) < 4.78 is 8.32. The molecule has 0 aliphatic rings. The average molecular weight is 298 g/mol. The van der Waals surface area contributed by atoms with Crippen molar-refractivity contribution >= 4 is 23.3 Å². The Labute approximate surface area is 129 Å². The first-order chi connectivity index (χ1) is 10.2. The number of nitrogens with one attached hydrogen (secondary N) is 1. The van der Waals surface area contributed by atoms with Gasteiger partial charge in [-0.3, -0.25) is 0 Å². The Hall–Kier alpha value is -2.07. The normalized spacial score (nSPS) is 11.0. The lowest BCUT2D eigenvalue weighted by molar-refractivity contribution is 0.408. The summed E-state index contributed by atoms with van der Waals surface area (Å²) >= 11 is 5.45. The van der Waals surface area contributed by atoms with Crippen LogP contribution in [0.25, 0.3) is 11.0 Å². The number of benzene rings is 2. The lowest BCUT2D eigenvalue weighted by Crippen LogP contribution is -2.02. The molecule has 3 aromatic rings. The molecule has 2 aromatic carbocycles. The quantitative estimate of drug-likeness (QED) is 0.729. The summed E-state index contributed by atoms with van der Waals surface area (Å²) in [5, 5.41) is 0. The second kappa shape index (κ2) is 5.74. The van der Waals surface area contributed by atoms with E-state index in [1.807, 2.05) is 18.2 Å². The number of rotatable bonds is 4. The Kier molecular flexibility index (Phi) is 3.80. The van der Waals surface area contributed by atoms with Crippen molar-refractivity contribution in [3.8, 4) is 5.75 Å². The zero-order valence-electron chi connectivity index (χ0n) is 12.2. The molecule has 0 saturated carbocycles. The van der Waals surface area contributed by atoms with Gasteiger partial charge in [0.15, 0.2) is 4.77 Å². The van der Waals surface area contributed by atoms with Gasteiger partial charge in [0.1, 0.15) is 5.75 Å². The van der Waals surface area contributed by atoms with Crippen molar-refractivity contribution in [1.82, 2.24) is 9.55 Å². The van der Waals surface area contributed by atoms with E-state index in [0.29, 0.717) is 0 Å². The highest BCUT2D eigenvalue weighted by Gasteiger charge is 2.07. The molecule has 0 fully saturated rings. The van der Waals surface area contributed by atoms with Gasteiger partial charge in [-0.15, -0.1) is 0 Å². The zero-order chi connectivity index (χ0) is 14.8. The van der Waals surface area contributed by atoms with Crippen LogP contribution in [0.2, 0.25) is 0 Å². The molecule has 1 N–H and O–H groups in total. The summed E-state index contributed by atoms with van der Waals surface area (Å²) in [5.74, 6) is 0.930. The number of nitrogens with zero attached hydrogens (tertiary/aromatic N) is 1. The predicted octanol–water partition coefficient (Wildman–Crippen LogP) is 4.26. The number of aryl methyl sites for hydroxylation is 3. The largest absolute Gasteiger partial charge is 0.496 e. The summed E-state index contributed by atoms with van der Waals surface area (Å²) in [4.78, 5) is 3.28. The van der Waals surface area contributed by atoms with E-state index >= 15 is 0 Å². The highest BCUT2D eigenvalue weighted by molar-refractivity contribution is 7.71. The third-order valence-corrected chi connectivity index (χ3v) is 4.05. The van der Waals surface area contributed by atoms with Crippen LogP contribution >= 0.6 is 12.2 Å². The third kappa shape index (κ3) is 2.72. The van der Waals surface area contributed by atoms with Crippen molar-refractivity contribution < 1.29 is 4.74 Å². The molecule has 108 valence electrons. The number of hydrogen-bond acceptors (Lipinski definition) is 2. The number of aromatic nitrogens is 2. The van der Waals surface area contributed by atoms with Crippen molar-refractivity contribution in [2.75, 3.05) is 7.11 Å². The topological polar surface area (TPSA) is 29.9 Å². The van der Waals surface area contributed by atoms with Crippen LogP contribution in [0.3, 0.4) is 0 Å². The lowest BCUT2D eigenvalue weighted by atomic mass is 10.1. The summed E-state index contributed by atoms with van der Waals surface area (Å²) in [6.07, 6.45) is 0.888. The molecule has 0 radical (unpaired) electrons. The van der Waals surface area contributed by atoms with Crippen LogP contribution in [0.1, 0.15) is 11.1 Å². The molecule has 0 saturated heterocycles. The maximum absolute atomic E-state index is 5.45. The SMILES string of the molecule is COc1ccccc1CCn1c(=S)[nH]c2cc(C)ccc21. The number of H-pyrrole nitrogens is 1. The van der Waals surface area contributed by atoms with Crippen LogP contribution in [0.5, 0.6) is 5.75 Å². The Bertz CT molecular complexity index is 832. The standard InChI is InChI=1S/C17H18N2OS/c1-12-7-8-15-14(11-12)18-17(21)19(15)10-9-13-5-3-4-6-16(13)20-2/h3-8,11H,9-10H2,1-2H3,(H,18,21). The Morgan fingerprint density at radius 2 is 2.00 bits per heavy atom. The van der Waals surface area contributed by atoms with Gasteiger partial charge >= 0.3 is 0 Å². The number of hydrogen-bond donors (Lipinski definition) is 1. The minimum Gasteiger partial charge on any atom is -0.496 e. The first kappa shape index (κ1) is 13.9. The van der Waals surface area contributed by atoms with Crippen molar-refractivity contribution in [3.63, 3.8) is 0 Å². The van der Waals surface area contributed by atoms with Crippen LogP contribution in [-0.2, 0) is 13.0 Å². The van der Waals surface area contributed by atoms with E-state index in [1.54, 1.807) is 7.11 Å². The number of methoxy groups -OCH3 is 1. The Morgan fingerprint density at radius 1 is 1.19 bits per heavy atom. The number of ether oxygens (including phenoxy) is 1. The summed E-state index contributed by atoms with van der Waals surface area (Å²) in [6.45, 7) is 2.92.